The summed E-state index contributed by atoms with van der Waals surface area (Å²) >= 11 is 0. The minimum absolute atomic E-state index is 0.0459. The van der Waals surface area contributed by atoms with Gasteiger partial charge >= 0.3 is 6.18 Å². The third-order valence-corrected chi connectivity index (χ3v) is 8.88. The quantitative estimate of drug-likeness (QED) is 0.389. The number of aromatic nitrogens is 2. The van der Waals surface area contributed by atoms with Gasteiger partial charge in [-0.25, -0.2) is 13.1 Å². The van der Waals surface area contributed by atoms with Gasteiger partial charge in [0.2, 0.25) is 10.0 Å². The normalized spacial score (nSPS) is 20.2. The summed E-state index contributed by atoms with van der Waals surface area (Å²) in [6.07, 6.45) is -0.122. The lowest BCUT2D eigenvalue weighted by Gasteiger charge is -2.35. The number of carbonyl (C=O) groups excluding carboxylic acids is 2. The Kier molecular flexibility index (Phi) is 7.59. The highest BCUT2D eigenvalue weighted by Gasteiger charge is 2.47. The Balaban J connectivity index is 1.42. The lowest BCUT2D eigenvalue weighted by atomic mass is 9.82. The van der Waals surface area contributed by atoms with Crippen LogP contribution in [0.15, 0.2) is 18.2 Å². The summed E-state index contributed by atoms with van der Waals surface area (Å²) in [5.41, 5.74) is 1.00. The Morgan fingerprint density at radius 1 is 1.30 bits per heavy atom. The van der Waals surface area contributed by atoms with Crippen molar-refractivity contribution in [1.29, 1.82) is 0 Å². The molecule has 218 valence electrons. The van der Waals surface area contributed by atoms with Crippen LogP contribution in [0.25, 0.3) is 0 Å². The van der Waals surface area contributed by atoms with E-state index >= 15 is 0 Å². The number of benzene rings is 1. The molecule has 2 amide bonds. The molecule has 0 bridgehead atoms. The SMILES string of the molecule is COCCCS(=O)(=O)NC(=O)c1c2c(nn1CCC1CC1)C[C@]1(CCc3cc(OCC(F)(F)F)ccc31)NC2=O. The number of methoxy groups -OCH3 is 1. The lowest BCUT2D eigenvalue weighted by molar-refractivity contribution is -0.153. The number of amides is 2. The smallest absolute Gasteiger partial charge is 0.422 e. The number of hydrogen-bond acceptors (Lipinski definition) is 7. The molecule has 1 aliphatic heterocycles. The van der Waals surface area contributed by atoms with Gasteiger partial charge in [0.15, 0.2) is 6.61 Å². The molecule has 40 heavy (non-hydrogen) atoms. The number of halogens is 3. The molecular weight excluding hydrogens is 553 g/mol. The maximum absolute atomic E-state index is 13.5. The molecule has 1 spiro atoms. The maximum Gasteiger partial charge on any atom is 0.422 e. The van der Waals surface area contributed by atoms with Crippen LogP contribution in [0.5, 0.6) is 5.75 Å². The fraction of sp³-hybridized carbons (Fsp3) is 0.577. The Morgan fingerprint density at radius 2 is 2.08 bits per heavy atom. The number of ether oxygens (including phenoxy) is 2. The van der Waals surface area contributed by atoms with E-state index in [0.29, 0.717) is 31.0 Å². The van der Waals surface area contributed by atoms with Gasteiger partial charge < -0.3 is 14.8 Å². The van der Waals surface area contributed by atoms with Crippen molar-refractivity contribution in [3.05, 3.63) is 46.3 Å². The van der Waals surface area contributed by atoms with E-state index in [-0.39, 0.29) is 42.2 Å². The molecule has 1 aromatic heterocycles. The van der Waals surface area contributed by atoms with Crippen molar-refractivity contribution in [2.45, 2.75) is 63.2 Å². The van der Waals surface area contributed by atoms with E-state index in [1.807, 2.05) is 0 Å². The summed E-state index contributed by atoms with van der Waals surface area (Å²) in [5.74, 6) is -1.18. The zero-order valence-electron chi connectivity index (χ0n) is 22.0. The predicted octanol–water partition coefficient (Wildman–Crippen LogP) is 2.85. The van der Waals surface area contributed by atoms with Crippen molar-refractivity contribution < 1.29 is 40.7 Å². The minimum Gasteiger partial charge on any atom is -0.484 e. The molecule has 1 fully saturated rings. The van der Waals surface area contributed by atoms with Crippen molar-refractivity contribution in [3.63, 3.8) is 0 Å². The number of rotatable bonds is 11. The molecule has 1 aromatic carbocycles. The summed E-state index contributed by atoms with van der Waals surface area (Å²) in [6.45, 7) is -0.825. The molecule has 2 aromatic rings. The van der Waals surface area contributed by atoms with E-state index in [9.17, 15) is 31.2 Å². The van der Waals surface area contributed by atoms with Crippen LogP contribution in [0.3, 0.4) is 0 Å². The number of alkyl halides is 3. The highest BCUT2D eigenvalue weighted by atomic mass is 32.2. The summed E-state index contributed by atoms with van der Waals surface area (Å²) in [5, 5.41) is 7.64. The van der Waals surface area contributed by atoms with Gasteiger partial charge in [0, 0.05) is 26.7 Å². The van der Waals surface area contributed by atoms with Crippen LogP contribution in [0.2, 0.25) is 0 Å². The molecule has 2 N–H and O–H groups in total. The Morgan fingerprint density at radius 3 is 2.77 bits per heavy atom. The van der Waals surface area contributed by atoms with Gasteiger partial charge in [-0.05, 0) is 54.9 Å². The fourth-order valence-corrected chi connectivity index (χ4v) is 6.50. The molecule has 10 nitrogen and oxygen atoms in total. The molecule has 5 rings (SSSR count). The van der Waals surface area contributed by atoms with Crippen LogP contribution in [-0.2, 0) is 39.7 Å². The second kappa shape index (κ2) is 10.7. The van der Waals surface area contributed by atoms with Crippen LogP contribution in [0.1, 0.15) is 69.8 Å². The molecule has 0 saturated heterocycles. The molecule has 14 heteroatoms. The van der Waals surface area contributed by atoms with Crippen LogP contribution in [0.4, 0.5) is 13.2 Å². The maximum atomic E-state index is 13.5. The van der Waals surface area contributed by atoms with E-state index < -0.39 is 40.2 Å². The second-order valence-corrected chi connectivity index (χ2v) is 12.5. The number of fused-ring (bicyclic) bond motifs is 3. The van der Waals surface area contributed by atoms with Crippen LogP contribution in [-0.4, -0.2) is 62.3 Å². The van der Waals surface area contributed by atoms with Gasteiger partial charge in [-0.2, -0.15) is 18.3 Å². The summed E-state index contributed by atoms with van der Waals surface area (Å²) in [6, 6.07) is 4.66. The number of aryl methyl sites for hydroxylation is 2. The summed E-state index contributed by atoms with van der Waals surface area (Å²) in [7, 11) is -2.52. The van der Waals surface area contributed by atoms with E-state index in [0.717, 1.165) is 30.4 Å². The molecule has 1 atom stereocenters. The monoisotopic (exact) mass is 584 g/mol. The van der Waals surface area contributed by atoms with Gasteiger partial charge in [0.25, 0.3) is 11.8 Å². The topological polar surface area (TPSA) is 129 Å². The van der Waals surface area contributed by atoms with E-state index in [1.54, 1.807) is 12.1 Å². The van der Waals surface area contributed by atoms with E-state index in [1.165, 1.54) is 17.9 Å². The zero-order valence-corrected chi connectivity index (χ0v) is 22.8. The highest BCUT2D eigenvalue weighted by Crippen LogP contribution is 2.44. The molecule has 2 aliphatic carbocycles. The molecule has 0 radical (unpaired) electrons. The van der Waals surface area contributed by atoms with Crippen molar-refractivity contribution in [3.8, 4) is 5.75 Å². The van der Waals surface area contributed by atoms with Gasteiger partial charge in [-0.1, -0.05) is 18.9 Å². The minimum atomic E-state index is -4.46. The molecule has 2 heterocycles. The predicted molar refractivity (Wildman–Crippen MR) is 136 cm³/mol. The molecule has 0 unspecified atom stereocenters. The zero-order chi connectivity index (χ0) is 28.7. The van der Waals surface area contributed by atoms with Crippen molar-refractivity contribution >= 4 is 21.8 Å². The molecule has 1 saturated carbocycles. The molecule has 3 aliphatic rings. The number of sulfonamides is 1. The van der Waals surface area contributed by atoms with Crippen molar-refractivity contribution in [2.75, 3.05) is 26.1 Å². The standard InChI is InChI=1S/C26H31F3N4O6S/c1-38-11-2-12-40(36,37)32-24(35)22-21-20(31-33(22)10-8-16-3-4-16)14-25(30-23(21)34)9-7-17-13-18(5-6-19(17)25)39-15-26(27,28)29/h5-6,13,16H,2-4,7-12,14-15H2,1H3,(H,30,34)(H,32,35)/t25-/m0/s1. The van der Waals surface area contributed by atoms with Crippen molar-refractivity contribution in [1.82, 2.24) is 19.8 Å². The Bertz CT molecular complexity index is 1420. The first-order valence-corrected chi connectivity index (χ1v) is 14.8. The fourth-order valence-electron chi connectivity index (χ4n) is 5.52. The van der Waals surface area contributed by atoms with E-state index in [2.05, 4.69) is 15.1 Å². The highest BCUT2D eigenvalue weighted by molar-refractivity contribution is 7.90. The number of nitrogens with zero attached hydrogens (tertiary/aromatic N) is 2. The van der Waals surface area contributed by atoms with Crippen LogP contribution >= 0.6 is 0 Å². The Labute approximate surface area is 229 Å². The van der Waals surface area contributed by atoms with Gasteiger partial charge in [-0.3, -0.25) is 14.3 Å². The van der Waals surface area contributed by atoms with Gasteiger partial charge in [-0.15, -0.1) is 0 Å². The van der Waals surface area contributed by atoms with Crippen LogP contribution < -0.4 is 14.8 Å². The number of nitrogens with one attached hydrogen (secondary N) is 2. The first-order chi connectivity index (χ1) is 18.9. The average Bonchev–Trinajstić information content (AvgIpc) is 3.54. The third kappa shape index (κ3) is 6.12. The van der Waals surface area contributed by atoms with Crippen LogP contribution in [0, 0.1) is 5.92 Å². The number of hydrogen-bond donors (Lipinski definition) is 2. The Hall–Kier alpha value is -3.13. The molecular formula is C26H31F3N4O6S. The summed E-state index contributed by atoms with van der Waals surface area (Å²) < 4.78 is 76.1. The first-order valence-electron chi connectivity index (χ1n) is 13.2. The van der Waals surface area contributed by atoms with E-state index in [4.69, 9.17) is 9.47 Å². The van der Waals surface area contributed by atoms with Gasteiger partial charge in [0.1, 0.15) is 11.4 Å². The van der Waals surface area contributed by atoms with Gasteiger partial charge in [0.05, 0.1) is 22.5 Å². The third-order valence-electron chi connectivity index (χ3n) is 7.56. The lowest BCUT2D eigenvalue weighted by Crippen LogP contribution is -2.50. The average molecular weight is 585 g/mol. The second-order valence-electron chi connectivity index (χ2n) is 10.7. The first kappa shape index (κ1) is 28.4. The number of carbonyl (C=O) groups is 2. The van der Waals surface area contributed by atoms with Crippen molar-refractivity contribution in [2.24, 2.45) is 5.92 Å². The largest absolute Gasteiger partial charge is 0.484 e. The summed E-state index contributed by atoms with van der Waals surface area (Å²) in [4.78, 5) is 26.8.